The molecule has 334 valence electrons. The van der Waals surface area contributed by atoms with Gasteiger partial charge in [-0.05, 0) is 92.5 Å². The molecule has 10 N–H and O–H groups in total. The highest BCUT2D eigenvalue weighted by atomic mass is 32.1. The third kappa shape index (κ3) is 12.5. The predicted octanol–water partition coefficient (Wildman–Crippen LogP) is 1.85. The summed E-state index contributed by atoms with van der Waals surface area (Å²) in [5.74, 6) is -4.13. The standard InChI is InChI=1S/C45H60N8O8S/c1-27(54)38-43(60)50-35(23-28-11-5-4-6-12-28)44(61)53(3)37(18-22-62)42(59)51-36(25-45(2)19-16-30(55)17-20-45)41(58)49-34(24-29-26-47-32-14-8-7-13-31(29)32)40(57)48-33(39(56)52-38)15-9-10-21-46/h4-8,11-14,16-17,19,26-27,33-38,47,54-55,62H,9-10,15,18,20-25,46H2,1-3H3,(H,48,57)(H,49,58)(H,50,60)(H,51,59)(H,52,56)/t27-,33+,34-,35+,36+,37+,38+,45?/m1/s1. The maximum absolute atomic E-state index is 14.7. The van der Waals surface area contributed by atoms with Crippen molar-refractivity contribution in [2.75, 3.05) is 19.3 Å². The molecule has 1 aliphatic heterocycles. The second kappa shape index (κ2) is 21.9. The number of aromatic amines is 1. The molecule has 1 fully saturated rings. The highest BCUT2D eigenvalue weighted by molar-refractivity contribution is 7.80. The van der Waals surface area contributed by atoms with Gasteiger partial charge in [0.15, 0.2) is 0 Å². The van der Waals surface area contributed by atoms with Crippen molar-refractivity contribution in [1.29, 1.82) is 0 Å². The Hall–Kier alpha value is -5.65. The van der Waals surface area contributed by atoms with Gasteiger partial charge in [-0.3, -0.25) is 28.8 Å². The van der Waals surface area contributed by atoms with Crippen LogP contribution in [-0.4, -0.2) is 117 Å². The number of nitrogens with two attached hydrogens (primary N) is 1. The number of nitrogens with zero attached hydrogens (tertiary/aromatic N) is 1. The number of hydrogen-bond acceptors (Lipinski definition) is 10. The van der Waals surface area contributed by atoms with E-state index in [1.165, 1.54) is 24.9 Å². The molecule has 5 rings (SSSR count). The number of carbonyl (C=O) groups is 6. The monoisotopic (exact) mass is 872 g/mol. The number of amides is 6. The van der Waals surface area contributed by atoms with Crippen molar-refractivity contribution in [3.63, 3.8) is 0 Å². The van der Waals surface area contributed by atoms with Crippen LogP contribution in [-0.2, 0) is 41.6 Å². The Morgan fingerprint density at radius 3 is 2.13 bits per heavy atom. The summed E-state index contributed by atoms with van der Waals surface area (Å²) in [5.41, 5.74) is 7.23. The molecular formula is C45H60N8O8S. The molecule has 1 aromatic heterocycles. The number of aliphatic hydroxyl groups excluding tert-OH is 2. The molecule has 3 aromatic rings. The van der Waals surface area contributed by atoms with Gasteiger partial charge in [0.05, 0.1) is 6.10 Å². The maximum atomic E-state index is 14.7. The van der Waals surface area contributed by atoms with E-state index in [4.69, 9.17) is 5.73 Å². The number of thiol groups is 1. The Kier molecular flexibility index (Phi) is 16.8. The molecule has 1 aliphatic carbocycles. The van der Waals surface area contributed by atoms with Gasteiger partial charge >= 0.3 is 0 Å². The lowest BCUT2D eigenvalue weighted by Gasteiger charge is -2.35. The fourth-order valence-electron chi connectivity index (χ4n) is 7.88. The number of likely N-dealkylation sites (N-methyl/N-ethyl adjacent to an activating group) is 1. The van der Waals surface area contributed by atoms with Crippen LogP contribution < -0.4 is 32.3 Å². The molecule has 0 radical (unpaired) electrons. The van der Waals surface area contributed by atoms with E-state index < -0.39 is 83.2 Å². The van der Waals surface area contributed by atoms with E-state index in [1.807, 2.05) is 31.2 Å². The lowest BCUT2D eigenvalue weighted by atomic mass is 9.77. The third-order valence-corrected chi connectivity index (χ3v) is 11.8. The molecule has 16 nitrogen and oxygen atoms in total. The van der Waals surface area contributed by atoms with Crippen molar-refractivity contribution >= 4 is 59.0 Å². The number of H-pyrrole nitrogens is 1. The van der Waals surface area contributed by atoms with Crippen LogP contribution in [0.1, 0.15) is 63.5 Å². The largest absolute Gasteiger partial charge is 0.508 e. The lowest BCUT2D eigenvalue weighted by molar-refractivity contribution is -0.143. The second-order valence-corrected chi connectivity index (χ2v) is 17.0. The first-order chi connectivity index (χ1) is 29.6. The van der Waals surface area contributed by atoms with Crippen LogP contribution in [0.4, 0.5) is 0 Å². The van der Waals surface area contributed by atoms with Crippen molar-refractivity contribution < 1.29 is 39.0 Å². The first-order valence-electron chi connectivity index (χ1n) is 21.1. The van der Waals surface area contributed by atoms with Crippen molar-refractivity contribution in [2.24, 2.45) is 11.1 Å². The Morgan fingerprint density at radius 2 is 1.45 bits per heavy atom. The molecule has 2 aliphatic rings. The zero-order valence-electron chi connectivity index (χ0n) is 35.4. The fourth-order valence-corrected chi connectivity index (χ4v) is 8.13. The molecule has 8 atom stereocenters. The number of aromatic nitrogens is 1. The molecular weight excluding hydrogens is 813 g/mol. The first-order valence-corrected chi connectivity index (χ1v) is 21.7. The van der Waals surface area contributed by atoms with Crippen LogP contribution in [0.5, 0.6) is 0 Å². The Balaban J connectivity index is 1.60. The molecule has 1 unspecified atom stereocenters. The number of unbranched alkanes of at least 4 members (excludes halogenated alkanes) is 1. The molecule has 17 heteroatoms. The molecule has 6 amide bonds. The van der Waals surface area contributed by atoms with E-state index in [2.05, 4.69) is 44.2 Å². The van der Waals surface area contributed by atoms with Crippen LogP contribution in [0, 0.1) is 5.41 Å². The first kappa shape index (κ1) is 47.4. The minimum Gasteiger partial charge on any atom is -0.508 e. The van der Waals surface area contributed by atoms with Crippen LogP contribution in [0.3, 0.4) is 0 Å². The highest BCUT2D eigenvalue weighted by Crippen LogP contribution is 2.34. The molecule has 1 saturated heterocycles. The van der Waals surface area contributed by atoms with Gasteiger partial charge in [0.1, 0.15) is 42.0 Å². The molecule has 0 saturated carbocycles. The summed E-state index contributed by atoms with van der Waals surface area (Å²) in [6, 6.07) is 8.57. The average molecular weight is 873 g/mol. The van der Waals surface area contributed by atoms with Gasteiger partial charge in [-0.15, -0.1) is 0 Å². The Labute approximate surface area is 367 Å². The number of rotatable bonds is 13. The van der Waals surface area contributed by atoms with Crippen molar-refractivity contribution in [1.82, 2.24) is 36.5 Å². The summed E-state index contributed by atoms with van der Waals surface area (Å²) in [4.78, 5) is 90.8. The number of para-hydroxylation sites is 1. The number of aliphatic hydroxyl groups is 2. The number of allylic oxidation sites excluding steroid dienone is 3. The summed E-state index contributed by atoms with van der Waals surface area (Å²) in [6.07, 6.45) is 6.63. The van der Waals surface area contributed by atoms with E-state index in [9.17, 15) is 39.0 Å². The smallest absolute Gasteiger partial charge is 0.245 e. The second-order valence-electron chi connectivity index (χ2n) is 16.5. The number of hydrogen-bond donors (Lipinski definition) is 10. The number of carbonyl (C=O) groups excluding carboxylic acids is 6. The summed E-state index contributed by atoms with van der Waals surface area (Å²) in [6.45, 7) is 3.50. The van der Waals surface area contributed by atoms with Crippen LogP contribution in [0.15, 0.2) is 84.8 Å². The summed E-state index contributed by atoms with van der Waals surface area (Å²) in [7, 11) is 1.42. The number of nitrogens with one attached hydrogen (secondary N) is 6. The summed E-state index contributed by atoms with van der Waals surface area (Å²) in [5, 5.41) is 35.7. The molecule has 0 bridgehead atoms. The topological polar surface area (TPSA) is 248 Å². The summed E-state index contributed by atoms with van der Waals surface area (Å²) >= 11 is 4.39. The predicted molar refractivity (Wildman–Crippen MR) is 239 cm³/mol. The zero-order valence-corrected chi connectivity index (χ0v) is 36.3. The van der Waals surface area contributed by atoms with E-state index in [0.717, 1.165) is 10.9 Å². The van der Waals surface area contributed by atoms with Crippen molar-refractivity contribution in [3.05, 3.63) is 95.9 Å². The quantitative estimate of drug-likeness (QED) is 0.0889. The van der Waals surface area contributed by atoms with Gasteiger partial charge in [0.25, 0.3) is 0 Å². The molecule has 2 aromatic carbocycles. The average Bonchev–Trinajstić information content (AvgIpc) is 3.66. The number of fused-ring (bicyclic) bond motifs is 1. The normalized spacial score (nSPS) is 26.4. The van der Waals surface area contributed by atoms with E-state index in [-0.39, 0.29) is 43.6 Å². The van der Waals surface area contributed by atoms with Crippen molar-refractivity contribution in [2.45, 2.75) is 108 Å². The van der Waals surface area contributed by atoms with Gasteiger partial charge in [-0.1, -0.05) is 61.5 Å². The van der Waals surface area contributed by atoms with E-state index in [1.54, 1.807) is 48.7 Å². The third-order valence-electron chi connectivity index (χ3n) is 11.5. The van der Waals surface area contributed by atoms with Gasteiger partial charge in [-0.25, -0.2) is 0 Å². The van der Waals surface area contributed by atoms with Crippen LogP contribution in [0.2, 0.25) is 0 Å². The molecule has 2 heterocycles. The Bertz CT molecular complexity index is 2130. The number of benzene rings is 2. The fraction of sp³-hybridized carbons (Fsp3) is 0.467. The van der Waals surface area contributed by atoms with E-state index in [0.29, 0.717) is 36.9 Å². The SMILES string of the molecule is C[C@@H](O)[C@@H]1NC(=O)[C@H](CCCCN)NC(=O)[C@@H](Cc2c[nH]c3ccccc23)NC(=O)[C@H](CC2(C)C=CC(O)=CC2)NC(=O)[C@H](CCS)N(C)C(=O)[C@H](Cc2ccccc2)NC1=O. The van der Waals surface area contributed by atoms with Crippen LogP contribution in [0.25, 0.3) is 10.9 Å². The van der Waals surface area contributed by atoms with E-state index >= 15 is 0 Å². The van der Waals surface area contributed by atoms with Gasteiger partial charge < -0.3 is 52.4 Å². The van der Waals surface area contributed by atoms with Crippen LogP contribution >= 0.6 is 12.6 Å². The highest BCUT2D eigenvalue weighted by Gasteiger charge is 2.40. The van der Waals surface area contributed by atoms with Gasteiger partial charge in [-0.2, -0.15) is 12.6 Å². The minimum atomic E-state index is -1.56. The summed E-state index contributed by atoms with van der Waals surface area (Å²) < 4.78 is 0. The molecule has 62 heavy (non-hydrogen) atoms. The molecule has 0 spiro atoms. The van der Waals surface area contributed by atoms with Gasteiger partial charge in [0, 0.05) is 37.0 Å². The maximum Gasteiger partial charge on any atom is 0.245 e. The minimum absolute atomic E-state index is 0.00286. The van der Waals surface area contributed by atoms with Crippen molar-refractivity contribution in [3.8, 4) is 0 Å². The van der Waals surface area contributed by atoms with Gasteiger partial charge in [0.2, 0.25) is 35.4 Å². The zero-order chi connectivity index (χ0) is 45.0. The Morgan fingerprint density at radius 1 is 0.806 bits per heavy atom. The lowest BCUT2D eigenvalue weighted by Crippen LogP contribution is -2.63.